The number of Topliss-reactive ketones (excluding diaryl/α,β-unsaturated/α-hetero) is 1. The number of carbonyl (C=O) groups is 2. The number of fused-ring (bicyclic) bond motifs is 1. The van der Waals surface area contributed by atoms with Crippen molar-refractivity contribution in [1.82, 2.24) is 9.88 Å². The molecule has 0 spiro atoms. The first-order valence-corrected chi connectivity index (χ1v) is 10.1. The number of aryl methyl sites for hydroxylation is 2. The Balaban J connectivity index is 1.32. The summed E-state index contributed by atoms with van der Waals surface area (Å²) in [6, 6.07) is 7.41. The number of likely N-dealkylation sites (tertiary alicyclic amines) is 1. The van der Waals surface area contributed by atoms with Crippen molar-refractivity contribution in [2.75, 3.05) is 26.3 Å². The van der Waals surface area contributed by atoms with Gasteiger partial charge >= 0.3 is 0 Å². The summed E-state index contributed by atoms with van der Waals surface area (Å²) in [5.74, 6) is 2.03. The SMILES string of the molecule is Cc1cc(C)c(OCC2CCN(C(=O)c3ccc4c(c3)CC(=O)CO4)CC2)cn1. The number of pyridine rings is 1. The van der Waals surface area contributed by atoms with Crippen LogP contribution >= 0.6 is 0 Å². The molecule has 0 saturated carbocycles. The number of hydrogen-bond acceptors (Lipinski definition) is 5. The summed E-state index contributed by atoms with van der Waals surface area (Å²) in [6.45, 7) is 6.19. The number of rotatable bonds is 4. The van der Waals surface area contributed by atoms with Crippen LogP contribution in [0.25, 0.3) is 0 Å². The second-order valence-corrected chi connectivity index (χ2v) is 7.96. The van der Waals surface area contributed by atoms with Crippen LogP contribution in [-0.4, -0.2) is 47.9 Å². The summed E-state index contributed by atoms with van der Waals surface area (Å²) >= 11 is 0. The van der Waals surface area contributed by atoms with Crippen LogP contribution in [0.3, 0.4) is 0 Å². The van der Waals surface area contributed by atoms with Crippen LogP contribution in [0.5, 0.6) is 11.5 Å². The Bertz CT molecular complexity index is 932. The summed E-state index contributed by atoms with van der Waals surface area (Å²) in [6.07, 6.45) is 3.95. The molecule has 2 aliphatic heterocycles. The highest BCUT2D eigenvalue weighted by molar-refractivity contribution is 5.95. The van der Waals surface area contributed by atoms with E-state index in [2.05, 4.69) is 4.98 Å². The number of ether oxygens (including phenoxy) is 2. The predicted molar refractivity (Wildman–Crippen MR) is 108 cm³/mol. The van der Waals surface area contributed by atoms with E-state index in [9.17, 15) is 9.59 Å². The summed E-state index contributed by atoms with van der Waals surface area (Å²) in [7, 11) is 0. The average molecular weight is 394 g/mol. The maximum Gasteiger partial charge on any atom is 0.253 e. The van der Waals surface area contributed by atoms with Gasteiger partial charge in [-0.1, -0.05) is 0 Å². The average Bonchev–Trinajstić information content (AvgIpc) is 2.72. The van der Waals surface area contributed by atoms with Crippen molar-refractivity contribution in [3.05, 3.63) is 52.8 Å². The molecule has 1 amide bonds. The van der Waals surface area contributed by atoms with E-state index < -0.39 is 0 Å². The van der Waals surface area contributed by atoms with Crippen molar-refractivity contribution in [3.8, 4) is 11.5 Å². The third kappa shape index (κ3) is 4.42. The molecule has 4 rings (SSSR count). The van der Waals surface area contributed by atoms with Gasteiger partial charge in [-0.2, -0.15) is 0 Å². The zero-order valence-electron chi connectivity index (χ0n) is 16.9. The molecule has 152 valence electrons. The lowest BCUT2D eigenvalue weighted by Gasteiger charge is -2.32. The molecule has 29 heavy (non-hydrogen) atoms. The number of carbonyl (C=O) groups excluding carboxylic acids is 2. The molecule has 1 fully saturated rings. The Labute approximate surface area is 170 Å². The summed E-state index contributed by atoms with van der Waals surface area (Å²) in [5, 5.41) is 0. The lowest BCUT2D eigenvalue weighted by Crippen LogP contribution is -2.39. The second kappa shape index (κ2) is 8.23. The van der Waals surface area contributed by atoms with E-state index in [-0.39, 0.29) is 18.3 Å². The lowest BCUT2D eigenvalue weighted by atomic mass is 9.96. The third-order valence-electron chi connectivity index (χ3n) is 5.66. The van der Waals surface area contributed by atoms with Crippen LogP contribution < -0.4 is 9.47 Å². The van der Waals surface area contributed by atoms with Crippen LogP contribution in [-0.2, 0) is 11.2 Å². The van der Waals surface area contributed by atoms with Gasteiger partial charge in [-0.05, 0) is 62.4 Å². The minimum absolute atomic E-state index is 0.0174. The Kier molecular flexibility index (Phi) is 5.51. The van der Waals surface area contributed by atoms with Gasteiger partial charge in [0.15, 0.2) is 5.78 Å². The fourth-order valence-corrected chi connectivity index (χ4v) is 3.94. The molecule has 1 aromatic carbocycles. The topological polar surface area (TPSA) is 68.7 Å². The van der Waals surface area contributed by atoms with E-state index in [4.69, 9.17) is 9.47 Å². The molecule has 0 bridgehead atoms. The first kappa shape index (κ1) is 19.4. The van der Waals surface area contributed by atoms with E-state index in [1.54, 1.807) is 24.4 Å². The van der Waals surface area contributed by atoms with E-state index in [1.807, 2.05) is 24.8 Å². The van der Waals surface area contributed by atoms with E-state index in [0.29, 0.717) is 43.3 Å². The van der Waals surface area contributed by atoms with Crippen LogP contribution in [0.1, 0.15) is 40.0 Å². The molecule has 3 heterocycles. The Morgan fingerprint density at radius 3 is 2.79 bits per heavy atom. The van der Waals surface area contributed by atoms with Crippen molar-refractivity contribution < 1.29 is 19.1 Å². The van der Waals surface area contributed by atoms with E-state index >= 15 is 0 Å². The number of amides is 1. The number of hydrogen-bond donors (Lipinski definition) is 0. The maximum absolute atomic E-state index is 12.9. The van der Waals surface area contributed by atoms with Crippen molar-refractivity contribution in [2.45, 2.75) is 33.1 Å². The molecule has 0 aliphatic carbocycles. The molecule has 0 radical (unpaired) electrons. The van der Waals surface area contributed by atoms with Crippen LogP contribution in [0.2, 0.25) is 0 Å². The van der Waals surface area contributed by atoms with Crippen LogP contribution in [0.4, 0.5) is 0 Å². The molecule has 1 saturated heterocycles. The highest BCUT2D eigenvalue weighted by atomic mass is 16.5. The summed E-state index contributed by atoms with van der Waals surface area (Å²) in [5.41, 5.74) is 3.51. The molecule has 2 aromatic rings. The van der Waals surface area contributed by atoms with Gasteiger partial charge in [0, 0.05) is 36.3 Å². The number of ketones is 1. The summed E-state index contributed by atoms with van der Waals surface area (Å²) < 4.78 is 11.4. The highest BCUT2D eigenvalue weighted by Gasteiger charge is 2.26. The predicted octanol–water partition coefficient (Wildman–Crippen LogP) is 3.13. The summed E-state index contributed by atoms with van der Waals surface area (Å²) in [4.78, 5) is 30.7. The number of nitrogens with zero attached hydrogens (tertiary/aromatic N) is 2. The zero-order valence-corrected chi connectivity index (χ0v) is 16.9. The molecule has 2 aliphatic rings. The first-order chi connectivity index (χ1) is 14.0. The largest absolute Gasteiger partial charge is 0.491 e. The molecule has 0 atom stereocenters. The van der Waals surface area contributed by atoms with Crippen molar-refractivity contribution >= 4 is 11.7 Å². The van der Waals surface area contributed by atoms with Gasteiger partial charge in [-0.25, -0.2) is 0 Å². The van der Waals surface area contributed by atoms with Crippen molar-refractivity contribution in [2.24, 2.45) is 5.92 Å². The maximum atomic E-state index is 12.9. The third-order valence-corrected chi connectivity index (χ3v) is 5.66. The minimum Gasteiger partial charge on any atom is -0.491 e. The number of piperidine rings is 1. The molecule has 0 unspecified atom stereocenters. The molecule has 0 N–H and O–H groups in total. The number of benzene rings is 1. The van der Waals surface area contributed by atoms with Crippen LogP contribution in [0, 0.1) is 19.8 Å². The van der Waals surface area contributed by atoms with Gasteiger partial charge in [-0.15, -0.1) is 0 Å². The molecular formula is C23H26N2O4. The fraction of sp³-hybridized carbons (Fsp3) is 0.435. The van der Waals surface area contributed by atoms with Crippen molar-refractivity contribution in [3.63, 3.8) is 0 Å². The Morgan fingerprint density at radius 1 is 1.24 bits per heavy atom. The second-order valence-electron chi connectivity index (χ2n) is 7.96. The molecule has 6 heteroatoms. The highest BCUT2D eigenvalue weighted by Crippen LogP contribution is 2.27. The smallest absolute Gasteiger partial charge is 0.253 e. The van der Waals surface area contributed by atoms with Gasteiger partial charge in [0.1, 0.15) is 18.1 Å². The normalized spacial score (nSPS) is 16.9. The van der Waals surface area contributed by atoms with E-state index in [1.165, 1.54) is 0 Å². The molecule has 6 nitrogen and oxygen atoms in total. The monoisotopic (exact) mass is 394 g/mol. The van der Waals surface area contributed by atoms with Crippen molar-refractivity contribution in [1.29, 1.82) is 0 Å². The van der Waals surface area contributed by atoms with Gasteiger partial charge < -0.3 is 14.4 Å². The standard InChI is InChI=1S/C23H26N2O4/c1-15-9-16(2)24-12-22(15)28-13-17-5-7-25(8-6-17)23(27)18-3-4-21-19(10-18)11-20(26)14-29-21/h3-4,9-10,12,17H,5-8,11,13-14H2,1-2H3. The molecule has 1 aromatic heterocycles. The van der Waals surface area contributed by atoms with Gasteiger partial charge in [0.25, 0.3) is 5.91 Å². The van der Waals surface area contributed by atoms with Gasteiger partial charge in [0.05, 0.1) is 12.8 Å². The fourth-order valence-electron chi connectivity index (χ4n) is 3.94. The minimum atomic E-state index is 0.0174. The lowest BCUT2D eigenvalue weighted by molar-refractivity contribution is -0.121. The van der Waals surface area contributed by atoms with Gasteiger partial charge in [-0.3, -0.25) is 14.6 Å². The Morgan fingerprint density at radius 2 is 2.03 bits per heavy atom. The quantitative estimate of drug-likeness (QED) is 0.797. The van der Waals surface area contributed by atoms with E-state index in [0.717, 1.165) is 35.4 Å². The number of aromatic nitrogens is 1. The Hall–Kier alpha value is -2.89. The molecular weight excluding hydrogens is 368 g/mol. The first-order valence-electron chi connectivity index (χ1n) is 10.1. The van der Waals surface area contributed by atoms with Crippen LogP contribution in [0.15, 0.2) is 30.5 Å². The van der Waals surface area contributed by atoms with Gasteiger partial charge in [0.2, 0.25) is 0 Å². The zero-order chi connectivity index (χ0) is 20.4.